The molecule has 9 nitrogen and oxygen atoms in total. The van der Waals surface area contributed by atoms with E-state index < -0.39 is 30.1 Å². The van der Waals surface area contributed by atoms with Crippen molar-refractivity contribution in [1.82, 2.24) is 20.0 Å². The Labute approximate surface area is 230 Å². The Bertz CT molecular complexity index is 1140. The molecule has 1 aromatic heterocycles. The summed E-state index contributed by atoms with van der Waals surface area (Å²) in [5, 5.41) is 7.21. The molecule has 0 radical (unpaired) electrons. The Hall–Kier alpha value is -2.76. The van der Waals surface area contributed by atoms with Gasteiger partial charge in [-0.25, -0.2) is 13.6 Å². The average molecular weight is 577 g/mol. The zero-order valence-corrected chi connectivity index (χ0v) is 23.4. The zero-order chi connectivity index (χ0) is 28.6. The molecule has 2 heterocycles. The molecular weight excluding hydrogens is 545 g/mol. The topological polar surface area (TPSA) is 103 Å². The number of carbonyl (C=O) groups is 3. The van der Waals surface area contributed by atoms with Crippen LogP contribution >= 0.6 is 23.2 Å². The van der Waals surface area contributed by atoms with Crippen molar-refractivity contribution in [3.63, 3.8) is 0 Å². The molecular formula is C25H32Cl2F2N4O5. The van der Waals surface area contributed by atoms with Crippen LogP contribution in [0.4, 0.5) is 13.6 Å². The number of alkyl halides is 2. The second-order valence-corrected chi connectivity index (χ2v) is 10.1. The number of aromatic nitrogens is 2. The molecule has 1 unspecified atom stereocenters. The van der Waals surface area contributed by atoms with Crippen LogP contribution in [0.5, 0.6) is 0 Å². The van der Waals surface area contributed by atoms with E-state index in [-0.39, 0.29) is 47.4 Å². The number of amides is 2. The van der Waals surface area contributed by atoms with Gasteiger partial charge in [-0.1, -0.05) is 23.2 Å². The first-order chi connectivity index (χ1) is 17.8. The Balaban J connectivity index is 0.00000118. The number of ether oxygens (including phenoxy) is 2. The maximum Gasteiger partial charge on any atom is 0.407 e. The van der Waals surface area contributed by atoms with Crippen molar-refractivity contribution in [1.29, 1.82) is 0 Å². The van der Waals surface area contributed by atoms with Crippen molar-refractivity contribution < 1.29 is 32.6 Å². The second-order valence-electron chi connectivity index (χ2n) is 9.33. The van der Waals surface area contributed by atoms with Crippen molar-refractivity contribution in [3.8, 4) is 0 Å². The van der Waals surface area contributed by atoms with E-state index in [0.717, 1.165) is 11.5 Å². The fourth-order valence-electron chi connectivity index (χ4n) is 3.62. The van der Waals surface area contributed by atoms with Gasteiger partial charge in [0, 0.05) is 37.8 Å². The standard InChI is InChI=1S/C22H24Cl2F2N4O4.C3H8O/c1-22(2,3)34-21(33)27-6-7-30-18(11-31)13-10-29(17(19(25)26)9-16(13)28-30)20(32)12-4-5-14(23)15(24)8-12;1-3-4-2/h4-5,8,11,17,19H,6-7,9-10H2,1-3H3,(H,27,33);3H2,1-2H3. The highest BCUT2D eigenvalue weighted by atomic mass is 35.5. The highest BCUT2D eigenvalue weighted by Gasteiger charge is 2.39. The molecule has 2 aromatic rings. The normalized spacial score (nSPS) is 14.9. The Morgan fingerprint density at radius 3 is 2.45 bits per heavy atom. The third-order valence-corrected chi connectivity index (χ3v) is 6.16. The molecule has 0 bridgehead atoms. The summed E-state index contributed by atoms with van der Waals surface area (Å²) in [5.41, 5.74) is 0.281. The first kappa shape index (κ1) is 31.5. The number of nitrogens with one attached hydrogen (secondary N) is 1. The molecule has 1 atom stereocenters. The summed E-state index contributed by atoms with van der Waals surface area (Å²) < 4.78 is 38.8. The molecule has 210 valence electrons. The van der Waals surface area contributed by atoms with Crippen LogP contribution < -0.4 is 5.32 Å². The van der Waals surface area contributed by atoms with Gasteiger partial charge in [0.25, 0.3) is 12.3 Å². The van der Waals surface area contributed by atoms with Crippen LogP contribution in [0.2, 0.25) is 10.0 Å². The predicted octanol–water partition coefficient (Wildman–Crippen LogP) is 5.01. The van der Waals surface area contributed by atoms with Crippen molar-refractivity contribution in [2.75, 3.05) is 20.3 Å². The van der Waals surface area contributed by atoms with E-state index in [2.05, 4.69) is 15.2 Å². The van der Waals surface area contributed by atoms with E-state index >= 15 is 0 Å². The molecule has 2 amide bonds. The number of benzene rings is 1. The lowest BCUT2D eigenvalue weighted by atomic mass is 9.97. The van der Waals surface area contributed by atoms with Gasteiger partial charge in [-0.3, -0.25) is 14.3 Å². The van der Waals surface area contributed by atoms with E-state index in [9.17, 15) is 23.2 Å². The van der Waals surface area contributed by atoms with Gasteiger partial charge >= 0.3 is 6.09 Å². The van der Waals surface area contributed by atoms with Gasteiger partial charge in [0.05, 0.1) is 34.9 Å². The number of carbonyl (C=O) groups excluding carboxylic acids is 3. The number of nitrogens with zero attached hydrogens (tertiary/aromatic N) is 3. The average Bonchev–Trinajstić information content (AvgIpc) is 3.19. The van der Waals surface area contributed by atoms with Crippen LogP contribution in [0.3, 0.4) is 0 Å². The minimum atomic E-state index is -2.83. The number of fused-ring (bicyclic) bond motifs is 1. The quantitative estimate of drug-likeness (QED) is 0.465. The summed E-state index contributed by atoms with van der Waals surface area (Å²) in [5.74, 6) is -0.661. The number of hydrogen-bond donors (Lipinski definition) is 1. The van der Waals surface area contributed by atoms with E-state index in [1.165, 1.54) is 22.9 Å². The number of hydrogen-bond acceptors (Lipinski definition) is 6. The molecule has 1 N–H and O–H groups in total. The first-order valence-corrected chi connectivity index (χ1v) is 12.6. The van der Waals surface area contributed by atoms with Crippen molar-refractivity contribution >= 4 is 41.5 Å². The van der Waals surface area contributed by atoms with Crippen molar-refractivity contribution in [2.24, 2.45) is 0 Å². The predicted molar refractivity (Wildman–Crippen MR) is 139 cm³/mol. The smallest absolute Gasteiger partial charge is 0.407 e. The summed E-state index contributed by atoms with van der Waals surface area (Å²) >= 11 is 11.9. The van der Waals surface area contributed by atoms with Gasteiger partial charge in [-0.2, -0.15) is 5.10 Å². The molecule has 3 rings (SSSR count). The van der Waals surface area contributed by atoms with Gasteiger partial charge in [0.1, 0.15) is 11.3 Å². The molecule has 0 spiro atoms. The number of halogens is 4. The maximum atomic E-state index is 13.9. The van der Waals surface area contributed by atoms with E-state index in [4.69, 9.17) is 27.9 Å². The summed E-state index contributed by atoms with van der Waals surface area (Å²) in [4.78, 5) is 37.8. The Kier molecular flexibility index (Phi) is 11.5. The van der Waals surface area contributed by atoms with Crippen LogP contribution in [0.25, 0.3) is 0 Å². The molecule has 1 aromatic carbocycles. The SMILES string of the molecule is CC(C)(C)OC(=O)NCCn1nc2c(c1C=O)CN(C(=O)c1ccc(Cl)c(Cl)c1)C(C(F)F)C2.CCOC. The molecule has 0 fully saturated rings. The highest BCUT2D eigenvalue weighted by molar-refractivity contribution is 6.42. The lowest BCUT2D eigenvalue weighted by Gasteiger charge is -2.34. The van der Waals surface area contributed by atoms with Gasteiger partial charge < -0.3 is 19.7 Å². The summed E-state index contributed by atoms with van der Waals surface area (Å²) in [7, 11) is 1.68. The van der Waals surface area contributed by atoms with Gasteiger partial charge in [0.15, 0.2) is 6.29 Å². The van der Waals surface area contributed by atoms with Crippen LogP contribution in [-0.2, 0) is 29.0 Å². The number of methoxy groups -OCH3 is 1. The summed E-state index contributed by atoms with van der Waals surface area (Å²) in [6.07, 6.45) is -3.14. The lowest BCUT2D eigenvalue weighted by Crippen LogP contribution is -2.48. The molecule has 1 aliphatic rings. The minimum absolute atomic E-state index is 0.0977. The fourth-order valence-corrected chi connectivity index (χ4v) is 3.92. The van der Waals surface area contributed by atoms with Crippen molar-refractivity contribution in [2.45, 2.75) is 65.3 Å². The maximum absolute atomic E-state index is 13.9. The Morgan fingerprint density at radius 1 is 1.26 bits per heavy atom. The molecule has 38 heavy (non-hydrogen) atoms. The molecule has 13 heteroatoms. The van der Waals surface area contributed by atoms with Crippen LogP contribution in [0.15, 0.2) is 18.2 Å². The first-order valence-electron chi connectivity index (χ1n) is 11.9. The van der Waals surface area contributed by atoms with Crippen LogP contribution in [0.1, 0.15) is 59.8 Å². The Morgan fingerprint density at radius 2 is 1.92 bits per heavy atom. The zero-order valence-electron chi connectivity index (χ0n) is 21.9. The number of aldehydes is 1. The largest absolute Gasteiger partial charge is 0.444 e. The van der Waals surface area contributed by atoms with E-state index in [1.807, 2.05) is 6.92 Å². The third kappa shape index (κ3) is 8.37. The van der Waals surface area contributed by atoms with Gasteiger partial charge in [0.2, 0.25) is 0 Å². The minimum Gasteiger partial charge on any atom is -0.444 e. The molecule has 0 aliphatic carbocycles. The number of alkyl carbamates (subject to hydrolysis) is 1. The third-order valence-electron chi connectivity index (χ3n) is 5.42. The van der Waals surface area contributed by atoms with Crippen molar-refractivity contribution in [3.05, 3.63) is 50.8 Å². The lowest BCUT2D eigenvalue weighted by molar-refractivity contribution is 0.0137. The second kappa shape index (κ2) is 13.9. The summed E-state index contributed by atoms with van der Waals surface area (Å²) in [6, 6.07) is 2.70. The monoisotopic (exact) mass is 576 g/mol. The van der Waals surface area contributed by atoms with Gasteiger partial charge in [-0.05, 0) is 45.9 Å². The van der Waals surface area contributed by atoms with Crippen LogP contribution in [-0.4, -0.2) is 71.3 Å². The highest BCUT2D eigenvalue weighted by Crippen LogP contribution is 2.31. The molecule has 0 saturated carbocycles. The molecule has 1 aliphatic heterocycles. The fraction of sp³-hybridized carbons (Fsp3) is 0.520. The number of rotatable bonds is 7. The van der Waals surface area contributed by atoms with Crippen LogP contribution in [0, 0.1) is 0 Å². The van der Waals surface area contributed by atoms with E-state index in [0.29, 0.717) is 17.5 Å². The summed E-state index contributed by atoms with van der Waals surface area (Å²) in [6.45, 7) is 7.94. The van der Waals surface area contributed by atoms with E-state index in [1.54, 1.807) is 27.9 Å². The van der Waals surface area contributed by atoms with Gasteiger partial charge in [-0.15, -0.1) is 0 Å². The molecule has 0 saturated heterocycles.